The molecular weight excluding hydrogens is 334 g/mol. The summed E-state index contributed by atoms with van der Waals surface area (Å²) in [6.45, 7) is 0. The number of nitrogens with one attached hydrogen (secondary N) is 1. The normalized spacial score (nSPS) is 16.0. The highest BCUT2D eigenvalue weighted by molar-refractivity contribution is 9.10. The Morgan fingerprint density at radius 1 is 1.33 bits per heavy atom. The molecule has 0 saturated heterocycles. The molecule has 1 N–H and O–H groups in total. The molecule has 0 saturated carbocycles. The molecule has 0 aliphatic carbocycles. The van der Waals surface area contributed by atoms with Gasteiger partial charge in [-0.1, -0.05) is 34.1 Å². The van der Waals surface area contributed by atoms with E-state index in [1.54, 1.807) is 19.2 Å². The maximum absolute atomic E-state index is 12.4. The molecule has 0 radical (unpaired) electrons. The molecule has 1 amide bonds. The SMILES string of the molecule is COc1ccc(Br)cc1NC(=O)C1Cc2ccccc2O1. The number of carbonyl (C=O) groups is 1. The van der Waals surface area contributed by atoms with Crippen LogP contribution in [0.4, 0.5) is 5.69 Å². The summed E-state index contributed by atoms with van der Waals surface area (Å²) in [4.78, 5) is 12.4. The standard InChI is InChI=1S/C16H14BrNO3/c1-20-14-7-6-11(17)9-12(14)18-16(19)15-8-10-4-2-3-5-13(10)21-15/h2-7,9,15H,8H2,1H3,(H,18,19). The molecule has 2 aromatic rings. The predicted octanol–water partition coefficient (Wildman–Crippen LogP) is 3.40. The number of amides is 1. The first-order valence-electron chi connectivity index (χ1n) is 6.56. The number of methoxy groups -OCH3 is 1. The van der Waals surface area contributed by atoms with E-state index in [1.807, 2.05) is 30.3 Å². The number of hydrogen-bond acceptors (Lipinski definition) is 3. The van der Waals surface area contributed by atoms with Crippen molar-refractivity contribution in [2.24, 2.45) is 0 Å². The Morgan fingerprint density at radius 3 is 2.90 bits per heavy atom. The van der Waals surface area contributed by atoms with Crippen LogP contribution in [-0.4, -0.2) is 19.1 Å². The summed E-state index contributed by atoms with van der Waals surface area (Å²) in [5.74, 6) is 1.21. The maximum Gasteiger partial charge on any atom is 0.265 e. The maximum atomic E-state index is 12.4. The van der Waals surface area contributed by atoms with Gasteiger partial charge in [0, 0.05) is 10.9 Å². The number of ether oxygens (including phenoxy) is 2. The molecule has 1 heterocycles. The summed E-state index contributed by atoms with van der Waals surface area (Å²) >= 11 is 3.38. The van der Waals surface area contributed by atoms with Crippen LogP contribution in [0.15, 0.2) is 46.9 Å². The van der Waals surface area contributed by atoms with Crippen molar-refractivity contribution in [1.82, 2.24) is 0 Å². The molecule has 4 nitrogen and oxygen atoms in total. The average Bonchev–Trinajstić information content (AvgIpc) is 2.91. The lowest BCUT2D eigenvalue weighted by molar-refractivity contribution is -0.122. The third kappa shape index (κ3) is 2.88. The Labute approximate surface area is 131 Å². The second-order valence-corrected chi connectivity index (χ2v) is 5.67. The van der Waals surface area contributed by atoms with E-state index in [4.69, 9.17) is 9.47 Å². The Bertz CT molecular complexity index is 662. The number of benzene rings is 2. The summed E-state index contributed by atoms with van der Waals surface area (Å²) in [6, 6.07) is 13.2. The third-order valence-electron chi connectivity index (χ3n) is 3.36. The monoisotopic (exact) mass is 347 g/mol. The van der Waals surface area contributed by atoms with Crippen molar-refractivity contribution in [3.8, 4) is 11.5 Å². The molecule has 108 valence electrons. The Hall–Kier alpha value is -2.01. The average molecular weight is 348 g/mol. The second-order valence-electron chi connectivity index (χ2n) is 4.75. The van der Waals surface area contributed by atoms with Crippen molar-refractivity contribution < 1.29 is 14.3 Å². The fourth-order valence-corrected chi connectivity index (χ4v) is 2.68. The van der Waals surface area contributed by atoms with Crippen molar-refractivity contribution in [1.29, 1.82) is 0 Å². The summed E-state index contributed by atoms with van der Waals surface area (Å²) in [5, 5.41) is 2.86. The van der Waals surface area contributed by atoms with Gasteiger partial charge in [-0.25, -0.2) is 0 Å². The number of anilines is 1. The number of fused-ring (bicyclic) bond motifs is 1. The van der Waals surface area contributed by atoms with Crippen LogP contribution in [0.5, 0.6) is 11.5 Å². The molecule has 2 aromatic carbocycles. The van der Waals surface area contributed by atoms with Crippen LogP contribution in [0.3, 0.4) is 0 Å². The first kappa shape index (κ1) is 13.9. The van der Waals surface area contributed by atoms with E-state index in [1.165, 1.54) is 0 Å². The van der Waals surface area contributed by atoms with Crippen molar-refractivity contribution >= 4 is 27.5 Å². The molecule has 21 heavy (non-hydrogen) atoms. The van der Waals surface area contributed by atoms with Crippen LogP contribution in [-0.2, 0) is 11.2 Å². The zero-order chi connectivity index (χ0) is 14.8. The molecule has 0 spiro atoms. The van der Waals surface area contributed by atoms with Gasteiger partial charge in [0.2, 0.25) is 0 Å². The number of hydrogen-bond donors (Lipinski definition) is 1. The van der Waals surface area contributed by atoms with Gasteiger partial charge in [-0.15, -0.1) is 0 Å². The Balaban J connectivity index is 1.75. The number of para-hydroxylation sites is 1. The van der Waals surface area contributed by atoms with Crippen LogP contribution in [0.25, 0.3) is 0 Å². The fraction of sp³-hybridized carbons (Fsp3) is 0.188. The van der Waals surface area contributed by atoms with Crippen LogP contribution >= 0.6 is 15.9 Å². The van der Waals surface area contributed by atoms with E-state index in [9.17, 15) is 4.79 Å². The zero-order valence-electron chi connectivity index (χ0n) is 11.4. The fourth-order valence-electron chi connectivity index (χ4n) is 2.32. The van der Waals surface area contributed by atoms with E-state index < -0.39 is 6.10 Å². The van der Waals surface area contributed by atoms with Gasteiger partial charge < -0.3 is 14.8 Å². The highest BCUT2D eigenvalue weighted by atomic mass is 79.9. The van der Waals surface area contributed by atoms with Crippen molar-refractivity contribution in [3.63, 3.8) is 0 Å². The smallest absolute Gasteiger partial charge is 0.265 e. The predicted molar refractivity (Wildman–Crippen MR) is 83.9 cm³/mol. The van der Waals surface area contributed by atoms with E-state index in [2.05, 4.69) is 21.2 Å². The molecule has 1 unspecified atom stereocenters. The third-order valence-corrected chi connectivity index (χ3v) is 3.85. The molecule has 5 heteroatoms. The molecule has 1 aliphatic heterocycles. The Morgan fingerprint density at radius 2 is 2.14 bits per heavy atom. The van der Waals surface area contributed by atoms with Crippen LogP contribution in [0.2, 0.25) is 0 Å². The summed E-state index contributed by atoms with van der Waals surface area (Å²) in [7, 11) is 1.57. The van der Waals surface area contributed by atoms with E-state index in [0.29, 0.717) is 17.9 Å². The van der Waals surface area contributed by atoms with Crippen molar-refractivity contribution in [3.05, 3.63) is 52.5 Å². The lowest BCUT2D eigenvalue weighted by Gasteiger charge is -2.14. The van der Waals surface area contributed by atoms with E-state index >= 15 is 0 Å². The number of rotatable bonds is 3. The van der Waals surface area contributed by atoms with Crippen molar-refractivity contribution in [2.75, 3.05) is 12.4 Å². The molecule has 0 aromatic heterocycles. The highest BCUT2D eigenvalue weighted by Crippen LogP contribution is 2.31. The van der Waals surface area contributed by atoms with Gasteiger partial charge in [0.25, 0.3) is 5.91 Å². The lowest BCUT2D eigenvalue weighted by atomic mass is 10.1. The van der Waals surface area contributed by atoms with Crippen molar-refractivity contribution in [2.45, 2.75) is 12.5 Å². The van der Waals surface area contributed by atoms with Gasteiger partial charge in [-0.2, -0.15) is 0 Å². The second kappa shape index (κ2) is 5.77. The van der Waals surface area contributed by atoms with Crippen LogP contribution in [0, 0.1) is 0 Å². The molecule has 0 bridgehead atoms. The minimum atomic E-state index is -0.508. The summed E-state index contributed by atoms with van der Waals surface area (Å²) < 4.78 is 11.8. The topological polar surface area (TPSA) is 47.6 Å². The molecule has 3 rings (SSSR count). The van der Waals surface area contributed by atoms with Crippen LogP contribution in [0.1, 0.15) is 5.56 Å². The molecular formula is C16H14BrNO3. The first-order valence-corrected chi connectivity index (χ1v) is 7.35. The zero-order valence-corrected chi connectivity index (χ0v) is 13.0. The highest BCUT2D eigenvalue weighted by Gasteiger charge is 2.29. The first-order chi connectivity index (χ1) is 10.2. The van der Waals surface area contributed by atoms with E-state index in [0.717, 1.165) is 15.8 Å². The quantitative estimate of drug-likeness (QED) is 0.925. The lowest BCUT2D eigenvalue weighted by Crippen LogP contribution is -2.31. The van der Waals surface area contributed by atoms with Gasteiger partial charge in [0.1, 0.15) is 11.5 Å². The van der Waals surface area contributed by atoms with Gasteiger partial charge >= 0.3 is 0 Å². The Kier molecular flexibility index (Phi) is 3.84. The number of halogens is 1. The van der Waals surface area contributed by atoms with Crippen LogP contribution < -0.4 is 14.8 Å². The van der Waals surface area contributed by atoms with Gasteiger partial charge in [0.15, 0.2) is 6.10 Å². The van der Waals surface area contributed by atoms with Gasteiger partial charge in [0.05, 0.1) is 12.8 Å². The van der Waals surface area contributed by atoms with Gasteiger partial charge in [-0.05, 0) is 29.8 Å². The minimum absolute atomic E-state index is 0.178. The number of carbonyl (C=O) groups excluding carboxylic acids is 1. The van der Waals surface area contributed by atoms with Gasteiger partial charge in [-0.3, -0.25) is 4.79 Å². The largest absolute Gasteiger partial charge is 0.495 e. The summed E-state index contributed by atoms with van der Waals surface area (Å²) in [6.07, 6.45) is 0.0734. The molecule has 1 aliphatic rings. The van der Waals surface area contributed by atoms with E-state index in [-0.39, 0.29) is 5.91 Å². The molecule has 1 atom stereocenters. The minimum Gasteiger partial charge on any atom is -0.495 e. The molecule has 0 fully saturated rings. The summed E-state index contributed by atoms with van der Waals surface area (Å²) in [5.41, 5.74) is 1.68.